The van der Waals surface area contributed by atoms with Crippen LogP contribution in [-0.4, -0.2) is 75.5 Å². The zero-order chi connectivity index (χ0) is 33.1. The first-order valence-electron chi connectivity index (χ1n) is 15.8. The van der Waals surface area contributed by atoms with Crippen LogP contribution < -0.4 is 10.2 Å². The first-order chi connectivity index (χ1) is 21.2. The molecule has 45 heavy (non-hydrogen) atoms. The van der Waals surface area contributed by atoms with Gasteiger partial charge < -0.3 is 30.0 Å². The molecular formula is C33H49N5O6Si. The first kappa shape index (κ1) is 34.7. The number of aliphatic hydroxyl groups excluding tert-OH is 2. The molecule has 12 heteroatoms. The van der Waals surface area contributed by atoms with Gasteiger partial charge in [0.25, 0.3) is 11.8 Å². The van der Waals surface area contributed by atoms with Crippen molar-refractivity contribution in [1.29, 1.82) is 0 Å². The minimum atomic E-state index is -2.87. The van der Waals surface area contributed by atoms with E-state index >= 15 is 0 Å². The number of nitrogens with zero attached hydrogens (tertiary/aromatic N) is 4. The highest BCUT2D eigenvalue weighted by atomic mass is 28.4. The number of ether oxygens (including phenoxy) is 1. The summed E-state index contributed by atoms with van der Waals surface area (Å²) in [5.74, 6) is -1.10. The molecule has 11 nitrogen and oxygen atoms in total. The first-order valence-corrected chi connectivity index (χ1v) is 18.9. The van der Waals surface area contributed by atoms with E-state index in [2.05, 4.69) is 48.6 Å². The number of anilines is 2. The summed E-state index contributed by atoms with van der Waals surface area (Å²) < 4.78 is 8.61. The number of aliphatic hydroxyl groups is 2. The number of rotatable bonds is 13. The molecule has 1 fully saturated rings. The molecule has 2 amide bonds. The number of hydrogen-bond donors (Lipinski definition) is 4. The largest absolute Gasteiger partial charge is 0.432 e. The summed E-state index contributed by atoms with van der Waals surface area (Å²) in [5.41, 5.74) is 3.31. The van der Waals surface area contributed by atoms with Crippen LogP contribution in [0.5, 0.6) is 0 Å². The highest BCUT2D eigenvalue weighted by molar-refractivity contribution is 6.71. The molecule has 2 aliphatic heterocycles. The number of aryl methyl sites for hydroxylation is 1. The molecule has 1 aromatic heterocycles. The van der Waals surface area contributed by atoms with Crippen molar-refractivity contribution in [2.45, 2.75) is 103 Å². The molecule has 1 saturated heterocycles. The third-order valence-electron chi connectivity index (χ3n) is 8.94. The predicted molar refractivity (Wildman–Crippen MR) is 176 cm³/mol. The zero-order valence-corrected chi connectivity index (χ0v) is 28.6. The third kappa shape index (κ3) is 7.46. The molecule has 1 spiro atoms. The van der Waals surface area contributed by atoms with Gasteiger partial charge in [0.2, 0.25) is 0 Å². The van der Waals surface area contributed by atoms with Gasteiger partial charge in [0.1, 0.15) is 6.10 Å². The molecule has 0 saturated carbocycles. The fourth-order valence-corrected chi connectivity index (χ4v) is 9.33. The molecule has 246 valence electrons. The van der Waals surface area contributed by atoms with Gasteiger partial charge in [-0.1, -0.05) is 35.4 Å². The van der Waals surface area contributed by atoms with Gasteiger partial charge in [-0.2, -0.15) is 0 Å². The molecule has 4 rings (SSSR count). The SMILES string of the molecule is CC(C)=CCC/C(C)=C/CN1C(=O)[C@]2(O[C@H](CCn3cc(CCO)nn3)[C@@H]([Si](C)(C)O)[C@@H]2C)c2cc(NC(=O)[C@H](C)O)ccc21. The van der Waals surface area contributed by atoms with Gasteiger partial charge in [-0.15, -0.1) is 5.10 Å². The van der Waals surface area contributed by atoms with Gasteiger partial charge in [-0.25, -0.2) is 0 Å². The number of amides is 2. The average molecular weight is 640 g/mol. The second-order valence-electron chi connectivity index (χ2n) is 13.3. The summed E-state index contributed by atoms with van der Waals surface area (Å²) >= 11 is 0. The number of fused-ring (bicyclic) bond motifs is 2. The Morgan fingerprint density at radius 3 is 2.62 bits per heavy atom. The Morgan fingerprint density at radius 1 is 1.24 bits per heavy atom. The summed E-state index contributed by atoms with van der Waals surface area (Å²) in [6, 6.07) is 5.33. The fourth-order valence-electron chi connectivity index (χ4n) is 6.73. The molecule has 2 aliphatic rings. The topological polar surface area (TPSA) is 150 Å². The molecule has 0 unspecified atom stereocenters. The van der Waals surface area contributed by atoms with Crippen molar-refractivity contribution in [2.75, 3.05) is 23.4 Å². The maximum absolute atomic E-state index is 14.6. The monoisotopic (exact) mass is 639 g/mol. The lowest BCUT2D eigenvalue weighted by atomic mass is 9.82. The maximum Gasteiger partial charge on any atom is 0.264 e. The average Bonchev–Trinajstić information content (AvgIpc) is 3.60. The lowest BCUT2D eigenvalue weighted by Crippen LogP contribution is -2.46. The van der Waals surface area contributed by atoms with E-state index in [0.717, 1.165) is 12.8 Å². The van der Waals surface area contributed by atoms with Crippen molar-refractivity contribution in [1.82, 2.24) is 15.0 Å². The van der Waals surface area contributed by atoms with Crippen LogP contribution in [0, 0.1) is 5.92 Å². The molecule has 0 aliphatic carbocycles. The van der Waals surface area contributed by atoms with E-state index in [1.807, 2.05) is 26.1 Å². The Bertz CT molecular complexity index is 1440. The summed E-state index contributed by atoms with van der Waals surface area (Å²) in [7, 11) is -2.87. The van der Waals surface area contributed by atoms with Crippen molar-refractivity contribution in [3.8, 4) is 0 Å². The van der Waals surface area contributed by atoms with Crippen molar-refractivity contribution in [3.63, 3.8) is 0 Å². The molecule has 4 N–H and O–H groups in total. The highest BCUT2D eigenvalue weighted by Crippen LogP contribution is 2.60. The van der Waals surface area contributed by atoms with E-state index in [0.29, 0.717) is 48.6 Å². The van der Waals surface area contributed by atoms with Gasteiger partial charge in [0, 0.05) is 55.0 Å². The van der Waals surface area contributed by atoms with Crippen LogP contribution >= 0.6 is 0 Å². The van der Waals surface area contributed by atoms with Crippen LogP contribution in [0.3, 0.4) is 0 Å². The zero-order valence-electron chi connectivity index (χ0n) is 27.6. The standard InChI is InChI=1S/C33H49N5O6Si/c1-21(2)9-8-10-22(3)13-17-38-28-12-11-25(34-31(41)24(5)40)19-27(28)33(32(38)42)23(4)30(45(6,7)43)29(44-33)14-16-37-20-26(15-18-39)35-36-37/h9,11-13,19-20,23-24,29-30,39-40,43H,8,10,14-18H2,1-7H3,(H,34,41)/b22-13+/t23-,24-,29+,30-,33+/m0/s1. The highest BCUT2D eigenvalue weighted by Gasteiger charge is 2.66. The van der Waals surface area contributed by atoms with Crippen molar-refractivity contribution >= 4 is 31.5 Å². The summed E-state index contributed by atoms with van der Waals surface area (Å²) in [6.07, 6.45) is 7.17. The van der Waals surface area contributed by atoms with E-state index in [1.54, 1.807) is 27.9 Å². The number of carbonyl (C=O) groups excluding carboxylic acids is 2. The van der Waals surface area contributed by atoms with Crippen LogP contribution in [0.2, 0.25) is 18.6 Å². The van der Waals surface area contributed by atoms with Gasteiger partial charge in [-0.3, -0.25) is 14.3 Å². The predicted octanol–water partition coefficient (Wildman–Crippen LogP) is 4.06. The van der Waals surface area contributed by atoms with Gasteiger partial charge >= 0.3 is 0 Å². The lowest BCUT2D eigenvalue weighted by molar-refractivity contribution is -0.145. The number of aromatic nitrogens is 3. The Labute approximate surface area is 267 Å². The smallest absolute Gasteiger partial charge is 0.264 e. The molecule has 0 radical (unpaired) electrons. The van der Waals surface area contributed by atoms with Crippen molar-refractivity contribution in [3.05, 3.63) is 59.0 Å². The van der Waals surface area contributed by atoms with Crippen molar-refractivity contribution < 1.29 is 29.3 Å². The summed E-state index contributed by atoms with van der Waals surface area (Å²) in [4.78, 5) is 40.4. The fraction of sp³-hybridized carbons (Fsp3) is 0.576. The van der Waals surface area contributed by atoms with Crippen LogP contribution in [-0.2, 0) is 32.9 Å². The third-order valence-corrected chi connectivity index (χ3v) is 11.4. The van der Waals surface area contributed by atoms with Crippen molar-refractivity contribution in [2.24, 2.45) is 5.92 Å². The summed E-state index contributed by atoms with van der Waals surface area (Å²) in [5, 5.41) is 30.1. The Kier molecular flexibility index (Phi) is 10.9. The quantitative estimate of drug-likeness (QED) is 0.189. The molecule has 5 atom stereocenters. The minimum Gasteiger partial charge on any atom is -0.432 e. The maximum atomic E-state index is 14.6. The second-order valence-corrected chi connectivity index (χ2v) is 17.3. The van der Waals surface area contributed by atoms with Crippen LogP contribution in [0.1, 0.15) is 65.1 Å². The number of benzene rings is 1. The van der Waals surface area contributed by atoms with E-state index in [1.165, 1.54) is 18.1 Å². The van der Waals surface area contributed by atoms with E-state index in [4.69, 9.17) is 4.74 Å². The van der Waals surface area contributed by atoms with E-state index < -0.39 is 32.0 Å². The number of nitrogens with one attached hydrogen (secondary N) is 1. The number of allylic oxidation sites excluding steroid dienone is 3. The number of carbonyl (C=O) groups is 2. The Hall–Kier alpha value is -3.16. The molecular weight excluding hydrogens is 590 g/mol. The van der Waals surface area contributed by atoms with Gasteiger partial charge in [0.05, 0.1) is 17.5 Å². The summed E-state index contributed by atoms with van der Waals surface area (Å²) in [6.45, 7) is 14.2. The minimum absolute atomic E-state index is 0.0152. The molecule has 1 aromatic carbocycles. The van der Waals surface area contributed by atoms with Crippen LogP contribution in [0.15, 0.2) is 47.7 Å². The van der Waals surface area contributed by atoms with Gasteiger partial charge in [-0.05, 0) is 78.3 Å². The molecule has 2 aromatic rings. The Balaban J connectivity index is 1.72. The Morgan fingerprint density at radius 2 is 1.98 bits per heavy atom. The number of hydrogen-bond acceptors (Lipinski definition) is 8. The van der Waals surface area contributed by atoms with E-state index in [-0.39, 0.29) is 24.0 Å². The van der Waals surface area contributed by atoms with E-state index in [9.17, 15) is 24.6 Å². The second kappa shape index (κ2) is 14.1. The van der Waals surface area contributed by atoms with Gasteiger partial charge in [0.15, 0.2) is 13.9 Å². The van der Waals surface area contributed by atoms with Crippen LogP contribution in [0.25, 0.3) is 0 Å². The lowest BCUT2D eigenvalue weighted by Gasteiger charge is -2.32. The molecule has 3 heterocycles. The van der Waals surface area contributed by atoms with Crippen LogP contribution in [0.4, 0.5) is 11.4 Å². The molecule has 0 bridgehead atoms. The normalized spacial score (nSPS) is 23.9.